The maximum atomic E-state index is 10.4. The third-order valence-electron chi connectivity index (χ3n) is 7.64. The van der Waals surface area contributed by atoms with E-state index in [0.29, 0.717) is 0 Å². The number of fused-ring (bicyclic) bond motifs is 3. The van der Waals surface area contributed by atoms with Crippen LogP contribution in [0, 0.1) is 18.3 Å². The standard InChI is InChI=1S/C35H31GeN2S/c1-23-14-19-28-33-29(36(2,3)4)21-27(22-37)32(26-17-15-25(16-18-26)24-11-7-6-8-12-24)35(33)39-34(28)31(23)30-13-9-10-20-38(30)5/h6-21H,1-5H3/q+1. The molecule has 0 bridgehead atoms. The van der Waals surface area contributed by atoms with Gasteiger partial charge in [0.15, 0.2) is 0 Å². The monoisotopic (exact) mass is 585 g/mol. The summed E-state index contributed by atoms with van der Waals surface area (Å²) in [7, 11) is 2.12. The molecule has 0 amide bonds. The van der Waals surface area contributed by atoms with Crippen molar-refractivity contribution in [1.82, 2.24) is 0 Å². The van der Waals surface area contributed by atoms with Crippen LogP contribution in [0.25, 0.3) is 53.7 Å². The first-order valence-electron chi connectivity index (χ1n) is 13.3. The summed E-state index contributed by atoms with van der Waals surface area (Å²) in [5.41, 5.74) is 9.08. The van der Waals surface area contributed by atoms with E-state index in [1.807, 2.05) is 17.4 Å². The SMILES string of the molecule is Cc1ccc2c(sc3c(-c4ccc(-c5ccccc5)cc4)c(C#N)c[c]([Ge]([CH3])([CH3])[CH3])c32)c1-c1cccc[n+]1C. The van der Waals surface area contributed by atoms with Gasteiger partial charge in [0, 0.05) is 0 Å². The van der Waals surface area contributed by atoms with Crippen molar-refractivity contribution in [1.29, 1.82) is 5.26 Å². The van der Waals surface area contributed by atoms with Crippen molar-refractivity contribution >= 4 is 49.2 Å². The molecule has 2 aromatic heterocycles. The van der Waals surface area contributed by atoms with Crippen LogP contribution >= 0.6 is 11.3 Å². The Morgan fingerprint density at radius 2 is 1.41 bits per heavy atom. The van der Waals surface area contributed by atoms with Crippen LogP contribution in [0.5, 0.6) is 0 Å². The van der Waals surface area contributed by atoms with Crippen LogP contribution in [0.4, 0.5) is 0 Å². The van der Waals surface area contributed by atoms with Gasteiger partial charge in [0.05, 0.1) is 0 Å². The number of aryl methyl sites for hydroxylation is 2. The summed E-state index contributed by atoms with van der Waals surface area (Å²) in [6, 6.07) is 35.0. The van der Waals surface area contributed by atoms with E-state index in [9.17, 15) is 5.26 Å². The van der Waals surface area contributed by atoms with Crippen molar-refractivity contribution in [3.8, 4) is 39.6 Å². The van der Waals surface area contributed by atoms with Gasteiger partial charge >= 0.3 is 238 Å². The zero-order chi connectivity index (χ0) is 27.3. The molecule has 0 spiro atoms. The molecule has 0 aliphatic rings. The van der Waals surface area contributed by atoms with Gasteiger partial charge in [-0.25, -0.2) is 0 Å². The molecular formula is C35H31GeN2S+. The van der Waals surface area contributed by atoms with E-state index in [-0.39, 0.29) is 0 Å². The summed E-state index contributed by atoms with van der Waals surface area (Å²) >= 11 is -0.501. The number of rotatable bonds is 4. The number of hydrogen-bond donors (Lipinski definition) is 0. The predicted molar refractivity (Wildman–Crippen MR) is 169 cm³/mol. The second-order valence-electron chi connectivity index (χ2n) is 11.3. The van der Waals surface area contributed by atoms with Crippen LogP contribution in [0.15, 0.2) is 97.2 Å². The van der Waals surface area contributed by atoms with Gasteiger partial charge in [-0.05, 0) is 0 Å². The molecule has 0 aliphatic heterocycles. The first-order valence-corrected chi connectivity index (χ1v) is 21.5. The molecule has 190 valence electrons. The number of pyridine rings is 1. The second-order valence-corrected chi connectivity index (χ2v) is 22.9. The van der Waals surface area contributed by atoms with Crippen LogP contribution in [-0.2, 0) is 7.05 Å². The van der Waals surface area contributed by atoms with Crippen LogP contribution < -0.4 is 8.96 Å². The summed E-state index contributed by atoms with van der Waals surface area (Å²) in [6.07, 6.45) is 2.12. The van der Waals surface area contributed by atoms with Crippen molar-refractivity contribution in [2.45, 2.75) is 24.2 Å². The average Bonchev–Trinajstić information content (AvgIpc) is 3.32. The summed E-state index contributed by atoms with van der Waals surface area (Å²) < 4.78 is 6.15. The molecule has 6 aromatic rings. The fourth-order valence-corrected chi connectivity index (χ4v) is 10.7. The van der Waals surface area contributed by atoms with E-state index in [1.165, 1.54) is 52.5 Å². The number of nitriles is 1. The van der Waals surface area contributed by atoms with Crippen LogP contribution in [0.3, 0.4) is 0 Å². The Labute approximate surface area is 237 Å². The minimum atomic E-state index is -2.35. The van der Waals surface area contributed by atoms with E-state index in [0.717, 1.165) is 16.7 Å². The number of thiophene rings is 1. The number of benzene rings is 4. The molecule has 4 heteroatoms. The molecule has 0 saturated carbocycles. The predicted octanol–water partition coefficient (Wildman–Crippen LogP) is 8.61. The Morgan fingerprint density at radius 3 is 2.08 bits per heavy atom. The third-order valence-corrected chi connectivity index (χ3v) is 13.1. The number of aromatic nitrogens is 1. The average molecular weight is 584 g/mol. The van der Waals surface area contributed by atoms with Gasteiger partial charge in [0.1, 0.15) is 0 Å². The number of nitrogens with zero attached hydrogens (tertiary/aromatic N) is 2. The quantitative estimate of drug-likeness (QED) is 0.151. The minimum absolute atomic E-state index is 0.778. The molecule has 4 aromatic carbocycles. The van der Waals surface area contributed by atoms with Crippen molar-refractivity contribution in [3.63, 3.8) is 0 Å². The zero-order valence-electron chi connectivity index (χ0n) is 23.0. The van der Waals surface area contributed by atoms with E-state index >= 15 is 0 Å². The van der Waals surface area contributed by atoms with E-state index in [2.05, 4.69) is 133 Å². The summed E-state index contributed by atoms with van der Waals surface area (Å²) in [5.74, 6) is 7.29. The molecule has 0 radical (unpaired) electrons. The van der Waals surface area contributed by atoms with Crippen LogP contribution in [0.1, 0.15) is 11.1 Å². The maximum absolute atomic E-state index is 10.4. The Bertz CT molecular complexity index is 1900. The molecule has 0 atom stereocenters. The van der Waals surface area contributed by atoms with E-state index in [1.54, 1.807) is 0 Å². The van der Waals surface area contributed by atoms with Gasteiger partial charge in [0.25, 0.3) is 0 Å². The molecule has 0 saturated heterocycles. The van der Waals surface area contributed by atoms with Gasteiger partial charge < -0.3 is 0 Å². The van der Waals surface area contributed by atoms with Gasteiger partial charge in [-0.15, -0.1) is 0 Å². The summed E-state index contributed by atoms with van der Waals surface area (Å²) in [6.45, 7) is 2.21. The molecule has 39 heavy (non-hydrogen) atoms. The van der Waals surface area contributed by atoms with Gasteiger partial charge in [-0.1, -0.05) is 0 Å². The normalized spacial score (nSPS) is 11.7. The molecule has 0 N–H and O–H groups in total. The topological polar surface area (TPSA) is 27.7 Å². The molecule has 2 heterocycles. The van der Waals surface area contributed by atoms with Gasteiger partial charge in [-0.2, -0.15) is 0 Å². The Balaban J connectivity index is 1.70. The van der Waals surface area contributed by atoms with Crippen LogP contribution in [0.2, 0.25) is 17.3 Å². The molecule has 6 rings (SSSR count). The van der Waals surface area contributed by atoms with Gasteiger partial charge in [-0.3, -0.25) is 0 Å². The van der Waals surface area contributed by atoms with Crippen molar-refractivity contribution in [3.05, 3.63) is 108 Å². The van der Waals surface area contributed by atoms with Crippen molar-refractivity contribution in [2.24, 2.45) is 7.05 Å². The Hall–Kier alpha value is -3.72. The van der Waals surface area contributed by atoms with Gasteiger partial charge in [0.2, 0.25) is 0 Å². The van der Waals surface area contributed by atoms with Crippen molar-refractivity contribution < 1.29 is 4.57 Å². The third kappa shape index (κ3) is 4.38. The molecule has 0 fully saturated rings. The zero-order valence-corrected chi connectivity index (χ0v) is 26.0. The van der Waals surface area contributed by atoms with Crippen LogP contribution in [-0.4, -0.2) is 13.3 Å². The Morgan fingerprint density at radius 1 is 0.744 bits per heavy atom. The molecule has 0 aliphatic carbocycles. The first-order chi connectivity index (χ1) is 18.8. The molecule has 2 nitrogen and oxygen atoms in total. The van der Waals surface area contributed by atoms with Crippen molar-refractivity contribution in [2.75, 3.05) is 0 Å². The summed E-state index contributed by atoms with van der Waals surface area (Å²) in [5, 5.41) is 13.1. The first kappa shape index (κ1) is 25.6. The summed E-state index contributed by atoms with van der Waals surface area (Å²) in [4.78, 5) is 0. The van der Waals surface area contributed by atoms with E-state index in [4.69, 9.17) is 0 Å². The fourth-order valence-electron chi connectivity index (χ4n) is 5.64. The number of hydrogen-bond acceptors (Lipinski definition) is 2. The van der Waals surface area contributed by atoms with E-state index < -0.39 is 13.3 Å². The fraction of sp³-hybridized carbons (Fsp3) is 0.143. The molecule has 0 unspecified atom stereocenters. The molecular weight excluding hydrogens is 553 g/mol. The Kier molecular flexibility index (Phi) is 6.41. The second kappa shape index (κ2) is 9.79.